The minimum absolute atomic E-state index is 0. The molecule has 1 aromatic carbocycles. The molecule has 0 bridgehead atoms. The SMILES string of the molecule is Cl.NC1=N[C@@H](C2CCCCC2)C[C@H]2CC[C@H](CCc3ccccc3)N12. The lowest BCUT2D eigenvalue weighted by Gasteiger charge is -2.40. The molecule has 1 saturated heterocycles. The maximum absolute atomic E-state index is 6.45. The third-order valence-corrected chi connectivity index (χ3v) is 6.50. The highest BCUT2D eigenvalue weighted by molar-refractivity contribution is 5.85. The number of fused-ring (bicyclic) bond motifs is 1. The fraction of sp³-hybridized carbons (Fsp3) is 0.667. The number of aryl methyl sites for hydroxylation is 1. The van der Waals surface area contributed by atoms with Crippen molar-refractivity contribution in [3.8, 4) is 0 Å². The van der Waals surface area contributed by atoms with Gasteiger partial charge in [-0.1, -0.05) is 49.6 Å². The first-order valence-electron chi connectivity index (χ1n) is 9.97. The summed E-state index contributed by atoms with van der Waals surface area (Å²) in [5.74, 6) is 1.64. The van der Waals surface area contributed by atoms with Gasteiger partial charge in [-0.25, -0.2) is 4.99 Å². The van der Waals surface area contributed by atoms with E-state index in [0.717, 1.165) is 18.3 Å². The maximum atomic E-state index is 6.45. The van der Waals surface area contributed by atoms with Gasteiger partial charge in [0.25, 0.3) is 0 Å². The van der Waals surface area contributed by atoms with Gasteiger partial charge in [-0.3, -0.25) is 0 Å². The van der Waals surface area contributed by atoms with E-state index in [9.17, 15) is 0 Å². The molecule has 3 atom stereocenters. The van der Waals surface area contributed by atoms with Crippen LogP contribution >= 0.6 is 12.4 Å². The Morgan fingerprint density at radius 3 is 2.52 bits per heavy atom. The molecule has 0 spiro atoms. The lowest BCUT2D eigenvalue weighted by Crippen LogP contribution is -2.51. The number of benzene rings is 1. The second-order valence-electron chi connectivity index (χ2n) is 8.00. The van der Waals surface area contributed by atoms with Crippen molar-refractivity contribution >= 4 is 18.4 Å². The molecule has 2 N–H and O–H groups in total. The molecule has 2 heterocycles. The number of halogens is 1. The molecule has 4 heteroatoms. The lowest BCUT2D eigenvalue weighted by molar-refractivity contribution is 0.209. The van der Waals surface area contributed by atoms with Crippen molar-refractivity contribution in [3.05, 3.63) is 35.9 Å². The summed E-state index contributed by atoms with van der Waals surface area (Å²) in [6.45, 7) is 0. The molecule has 3 aliphatic rings. The van der Waals surface area contributed by atoms with Gasteiger partial charge in [0.2, 0.25) is 0 Å². The van der Waals surface area contributed by atoms with Crippen LogP contribution in [0.25, 0.3) is 0 Å². The summed E-state index contributed by atoms with van der Waals surface area (Å²) >= 11 is 0. The van der Waals surface area contributed by atoms with Gasteiger partial charge in [0.05, 0.1) is 6.04 Å². The number of guanidine groups is 1. The summed E-state index contributed by atoms with van der Waals surface area (Å²) in [5.41, 5.74) is 7.89. The molecule has 4 rings (SSSR count). The smallest absolute Gasteiger partial charge is 0.192 e. The van der Waals surface area contributed by atoms with Crippen LogP contribution in [0.3, 0.4) is 0 Å². The van der Waals surface area contributed by atoms with Gasteiger partial charge in [-0.15, -0.1) is 12.4 Å². The first kappa shape index (κ1) is 18.6. The van der Waals surface area contributed by atoms with E-state index in [0.29, 0.717) is 18.1 Å². The molecule has 0 amide bonds. The minimum Gasteiger partial charge on any atom is -0.370 e. The number of hydrogen-bond acceptors (Lipinski definition) is 3. The maximum Gasteiger partial charge on any atom is 0.192 e. The second kappa shape index (κ2) is 8.44. The summed E-state index contributed by atoms with van der Waals surface area (Å²) in [6, 6.07) is 12.6. The fourth-order valence-corrected chi connectivity index (χ4v) is 5.21. The van der Waals surface area contributed by atoms with Crippen LogP contribution in [0.15, 0.2) is 35.3 Å². The van der Waals surface area contributed by atoms with E-state index in [2.05, 4.69) is 35.2 Å². The number of aliphatic imine (C=N–C) groups is 1. The van der Waals surface area contributed by atoms with Gasteiger partial charge < -0.3 is 10.6 Å². The summed E-state index contributed by atoms with van der Waals surface area (Å²) in [6.07, 6.45) is 13.1. The highest BCUT2D eigenvalue weighted by Gasteiger charge is 2.40. The average molecular weight is 362 g/mol. The summed E-state index contributed by atoms with van der Waals surface area (Å²) in [5, 5.41) is 0. The normalized spacial score (nSPS) is 29.7. The zero-order valence-corrected chi connectivity index (χ0v) is 16.0. The van der Waals surface area contributed by atoms with E-state index in [1.165, 1.54) is 63.4 Å². The summed E-state index contributed by atoms with van der Waals surface area (Å²) < 4.78 is 0. The molecule has 1 aromatic rings. The fourth-order valence-electron chi connectivity index (χ4n) is 5.21. The first-order valence-corrected chi connectivity index (χ1v) is 9.97. The highest BCUT2D eigenvalue weighted by atomic mass is 35.5. The standard InChI is InChI=1S/C21H31N3.ClH/c22-21-23-20(17-9-5-2-6-10-17)15-19-14-13-18(24(19)21)12-11-16-7-3-1-4-8-16;/h1,3-4,7-8,17-20H,2,5-6,9-15H2,(H2,22,23);1H/t18-,19+,20+;/m0./s1. The Labute approximate surface area is 158 Å². The van der Waals surface area contributed by atoms with Gasteiger partial charge >= 0.3 is 0 Å². The zero-order chi connectivity index (χ0) is 16.4. The minimum atomic E-state index is 0. The molecule has 138 valence electrons. The Balaban J connectivity index is 0.00000182. The Morgan fingerprint density at radius 1 is 1.00 bits per heavy atom. The first-order chi connectivity index (χ1) is 11.8. The van der Waals surface area contributed by atoms with Gasteiger partial charge in [0, 0.05) is 12.1 Å². The van der Waals surface area contributed by atoms with E-state index < -0.39 is 0 Å². The Bertz CT molecular complexity index is 568. The van der Waals surface area contributed by atoms with Crippen molar-refractivity contribution in [2.24, 2.45) is 16.6 Å². The van der Waals surface area contributed by atoms with Crippen molar-refractivity contribution in [1.82, 2.24) is 4.90 Å². The highest BCUT2D eigenvalue weighted by Crippen LogP contribution is 2.38. The predicted molar refractivity (Wildman–Crippen MR) is 107 cm³/mol. The monoisotopic (exact) mass is 361 g/mol. The number of nitrogens with two attached hydrogens (primary N) is 1. The van der Waals surface area contributed by atoms with E-state index >= 15 is 0 Å². The molecule has 3 nitrogen and oxygen atoms in total. The quantitative estimate of drug-likeness (QED) is 0.855. The molecule has 2 aliphatic heterocycles. The average Bonchev–Trinajstić information content (AvgIpc) is 3.05. The Morgan fingerprint density at radius 2 is 1.76 bits per heavy atom. The van der Waals surface area contributed by atoms with Crippen LogP contribution in [0, 0.1) is 5.92 Å². The summed E-state index contributed by atoms with van der Waals surface area (Å²) in [4.78, 5) is 7.45. The molecule has 0 radical (unpaired) electrons. The third kappa shape index (κ3) is 4.13. The molecule has 25 heavy (non-hydrogen) atoms. The Kier molecular flexibility index (Phi) is 6.27. The molecule has 0 aromatic heterocycles. The topological polar surface area (TPSA) is 41.6 Å². The van der Waals surface area contributed by atoms with Gasteiger partial charge in [0.1, 0.15) is 0 Å². The molecule has 0 unspecified atom stereocenters. The van der Waals surface area contributed by atoms with Crippen LogP contribution in [0.5, 0.6) is 0 Å². The van der Waals surface area contributed by atoms with E-state index in [1.54, 1.807) is 0 Å². The molecule has 1 aliphatic carbocycles. The van der Waals surface area contributed by atoms with Gasteiger partial charge in [-0.05, 0) is 56.4 Å². The van der Waals surface area contributed by atoms with Crippen LogP contribution in [0.4, 0.5) is 0 Å². The van der Waals surface area contributed by atoms with Crippen LogP contribution < -0.4 is 5.73 Å². The van der Waals surface area contributed by atoms with Crippen molar-refractivity contribution in [3.63, 3.8) is 0 Å². The molecule has 2 fully saturated rings. The van der Waals surface area contributed by atoms with E-state index in [-0.39, 0.29) is 12.4 Å². The van der Waals surface area contributed by atoms with Crippen molar-refractivity contribution in [2.75, 3.05) is 0 Å². The second-order valence-corrected chi connectivity index (χ2v) is 8.00. The van der Waals surface area contributed by atoms with Crippen molar-refractivity contribution in [1.29, 1.82) is 0 Å². The summed E-state index contributed by atoms with van der Waals surface area (Å²) in [7, 11) is 0. The van der Waals surface area contributed by atoms with Crippen LogP contribution in [0.2, 0.25) is 0 Å². The van der Waals surface area contributed by atoms with Crippen LogP contribution in [-0.4, -0.2) is 29.0 Å². The zero-order valence-electron chi connectivity index (χ0n) is 15.1. The molecular weight excluding hydrogens is 330 g/mol. The third-order valence-electron chi connectivity index (χ3n) is 6.50. The van der Waals surface area contributed by atoms with E-state index in [4.69, 9.17) is 10.7 Å². The number of nitrogens with zero attached hydrogens (tertiary/aromatic N) is 2. The largest absolute Gasteiger partial charge is 0.370 e. The number of hydrogen-bond donors (Lipinski definition) is 1. The van der Waals surface area contributed by atoms with E-state index in [1.807, 2.05) is 0 Å². The van der Waals surface area contributed by atoms with Crippen molar-refractivity contribution < 1.29 is 0 Å². The van der Waals surface area contributed by atoms with Gasteiger partial charge in [0.15, 0.2) is 5.96 Å². The lowest BCUT2D eigenvalue weighted by atomic mass is 9.81. The van der Waals surface area contributed by atoms with Crippen LogP contribution in [0.1, 0.15) is 63.4 Å². The number of rotatable bonds is 4. The Hall–Kier alpha value is -1.22. The predicted octanol–water partition coefficient (Wildman–Crippen LogP) is 4.54. The molecule has 1 saturated carbocycles. The van der Waals surface area contributed by atoms with Crippen molar-refractivity contribution in [2.45, 2.75) is 82.3 Å². The van der Waals surface area contributed by atoms with Gasteiger partial charge in [-0.2, -0.15) is 0 Å². The van der Waals surface area contributed by atoms with Crippen LogP contribution in [-0.2, 0) is 6.42 Å². The molecular formula is C21H32ClN3.